The SMILES string of the molecule is CCn1c(NCCc2ccccc2)c(/C=C2/SC(=S)N(Cc3ccc(F)cc3)C2=O)c(C)c(C#N)c1=O. The summed E-state index contributed by atoms with van der Waals surface area (Å²) in [6.45, 7) is 4.69. The molecule has 188 valence electrons. The van der Waals surface area contributed by atoms with Crippen LogP contribution in [-0.4, -0.2) is 26.2 Å². The van der Waals surface area contributed by atoms with Crippen molar-refractivity contribution >= 4 is 46.1 Å². The van der Waals surface area contributed by atoms with Crippen molar-refractivity contribution < 1.29 is 9.18 Å². The predicted octanol–water partition coefficient (Wildman–Crippen LogP) is 5.24. The Labute approximate surface area is 224 Å². The molecule has 1 fully saturated rings. The molecule has 37 heavy (non-hydrogen) atoms. The zero-order valence-electron chi connectivity index (χ0n) is 20.5. The number of hydrogen-bond acceptors (Lipinski definition) is 6. The lowest BCUT2D eigenvalue weighted by Gasteiger charge is -2.19. The molecule has 9 heteroatoms. The number of amides is 1. The van der Waals surface area contributed by atoms with Gasteiger partial charge >= 0.3 is 0 Å². The van der Waals surface area contributed by atoms with E-state index in [4.69, 9.17) is 12.2 Å². The Morgan fingerprint density at radius 1 is 1.11 bits per heavy atom. The second-order valence-corrected chi connectivity index (χ2v) is 10.2. The van der Waals surface area contributed by atoms with Crippen molar-refractivity contribution in [1.29, 1.82) is 5.26 Å². The predicted molar refractivity (Wildman–Crippen MR) is 150 cm³/mol. The van der Waals surface area contributed by atoms with Gasteiger partial charge < -0.3 is 5.32 Å². The van der Waals surface area contributed by atoms with Gasteiger partial charge in [0.2, 0.25) is 0 Å². The molecule has 2 aromatic carbocycles. The van der Waals surface area contributed by atoms with Crippen LogP contribution in [-0.2, 0) is 24.3 Å². The van der Waals surface area contributed by atoms with Crippen LogP contribution in [0.1, 0.15) is 34.7 Å². The van der Waals surface area contributed by atoms with E-state index in [2.05, 4.69) is 5.32 Å². The molecule has 0 saturated carbocycles. The molecular formula is C28H25FN4O2S2. The van der Waals surface area contributed by atoms with Crippen molar-refractivity contribution in [1.82, 2.24) is 9.47 Å². The van der Waals surface area contributed by atoms with Gasteiger partial charge in [-0.2, -0.15) is 5.26 Å². The number of nitriles is 1. The number of rotatable bonds is 8. The van der Waals surface area contributed by atoms with Crippen LogP contribution in [0.3, 0.4) is 0 Å². The molecule has 1 amide bonds. The highest BCUT2D eigenvalue weighted by atomic mass is 32.2. The minimum atomic E-state index is -0.370. The molecule has 1 aromatic heterocycles. The van der Waals surface area contributed by atoms with Crippen molar-refractivity contribution in [2.24, 2.45) is 0 Å². The summed E-state index contributed by atoms with van der Waals surface area (Å²) in [6.07, 6.45) is 2.44. The van der Waals surface area contributed by atoms with E-state index in [0.29, 0.717) is 39.3 Å². The quantitative estimate of drug-likeness (QED) is 0.316. The number of aromatic nitrogens is 1. The normalized spacial score (nSPS) is 14.3. The van der Waals surface area contributed by atoms with Crippen molar-refractivity contribution in [3.05, 3.63) is 103 Å². The molecule has 4 rings (SSSR count). The summed E-state index contributed by atoms with van der Waals surface area (Å²) in [5, 5.41) is 13.1. The van der Waals surface area contributed by atoms with Gasteiger partial charge in [-0.25, -0.2) is 4.39 Å². The van der Waals surface area contributed by atoms with E-state index >= 15 is 0 Å². The summed E-state index contributed by atoms with van der Waals surface area (Å²) in [7, 11) is 0. The first-order valence-corrected chi connectivity index (χ1v) is 13.0. The van der Waals surface area contributed by atoms with Crippen molar-refractivity contribution in [2.75, 3.05) is 11.9 Å². The molecule has 1 aliphatic heterocycles. The van der Waals surface area contributed by atoms with E-state index in [1.54, 1.807) is 25.1 Å². The monoisotopic (exact) mass is 532 g/mol. The summed E-state index contributed by atoms with van der Waals surface area (Å²) in [5.74, 6) is -0.0680. The van der Waals surface area contributed by atoms with E-state index < -0.39 is 0 Å². The first-order chi connectivity index (χ1) is 17.8. The van der Waals surface area contributed by atoms with Crippen molar-refractivity contribution in [3.8, 4) is 6.07 Å². The lowest BCUT2D eigenvalue weighted by Crippen LogP contribution is -2.28. The standard InChI is InChI=1S/C28H25FN4O2S2/c1-3-32-25(31-14-13-19-7-5-4-6-8-19)22(18(2)23(16-30)26(32)34)15-24-27(35)33(28(36)37-24)17-20-9-11-21(29)12-10-20/h4-12,15,31H,3,13-14,17H2,1-2H3/b24-15+. The summed E-state index contributed by atoms with van der Waals surface area (Å²) in [4.78, 5) is 28.2. The highest BCUT2D eigenvalue weighted by Gasteiger charge is 2.33. The van der Waals surface area contributed by atoms with Crippen LogP contribution in [0.25, 0.3) is 6.08 Å². The van der Waals surface area contributed by atoms with Gasteiger partial charge in [0.25, 0.3) is 11.5 Å². The smallest absolute Gasteiger partial charge is 0.270 e. The second kappa shape index (κ2) is 11.5. The summed E-state index contributed by atoms with van der Waals surface area (Å²) < 4.78 is 15.2. The minimum absolute atomic E-state index is 0.0449. The first-order valence-electron chi connectivity index (χ1n) is 11.8. The number of carbonyl (C=O) groups is 1. The number of halogens is 1. The Bertz CT molecular complexity index is 1480. The third-order valence-corrected chi connectivity index (χ3v) is 7.52. The minimum Gasteiger partial charge on any atom is -0.371 e. The molecule has 1 N–H and O–H groups in total. The number of carbonyl (C=O) groups excluding carboxylic acids is 1. The Morgan fingerprint density at radius 3 is 2.46 bits per heavy atom. The van der Waals surface area contributed by atoms with E-state index in [0.717, 1.165) is 17.5 Å². The molecule has 1 aliphatic rings. The number of thioether (sulfide) groups is 1. The van der Waals surface area contributed by atoms with Crippen LogP contribution >= 0.6 is 24.0 Å². The largest absolute Gasteiger partial charge is 0.371 e. The Balaban J connectivity index is 1.70. The van der Waals surface area contributed by atoms with E-state index in [-0.39, 0.29) is 29.4 Å². The Morgan fingerprint density at radius 2 is 1.81 bits per heavy atom. The molecule has 0 atom stereocenters. The van der Waals surface area contributed by atoms with Gasteiger partial charge in [0.15, 0.2) is 0 Å². The van der Waals surface area contributed by atoms with Gasteiger partial charge in [0, 0.05) is 18.7 Å². The van der Waals surface area contributed by atoms with Gasteiger partial charge in [-0.3, -0.25) is 19.1 Å². The fourth-order valence-corrected chi connectivity index (χ4v) is 5.40. The zero-order valence-corrected chi connectivity index (χ0v) is 22.1. The summed E-state index contributed by atoms with van der Waals surface area (Å²) >= 11 is 6.64. The molecule has 0 bridgehead atoms. The number of nitrogens with zero attached hydrogens (tertiary/aromatic N) is 3. The van der Waals surface area contributed by atoms with E-state index in [1.165, 1.54) is 33.4 Å². The van der Waals surface area contributed by atoms with Gasteiger partial charge in [-0.1, -0.05) is 66.4 Å². The Hall–Kier alpha value is -3.74. The average Bonchev–Trinajstić information content (AvgIpc) is 3.15. The van der Waals surface area contributed by atoms with Gasteiger partial charge in [-0.05, 0) is 55.2 Å². The molecule has 6 nitrogen and oxygen atoms in total. The number of thiocarbonyl (C=S) groups is 1. The number of benzene rings is 2. The fourth-order valence-electron chi connectivity index (χ4n) is 4.16. The van der Waals surface area contributed by atoms with Crippen LogP contribution in [0.15, 0.2) is 64.3 Å². The molecular weight excluding hydrogens is 507 g/mol. The third-order valence-electron chi connectivity index (χ3n) is 6.14. The van der Waals surface area contributed by atoms with Gasteiger partial charge in [0.05, 0.1) is 11.4 Å². The van der Waals surface area contributed by atoms with Gasteiger partial charge in [-0.15, -0.1) is 0 Å². The lowest BCUT2D eigenvalue weighted by molar-refractivity contribution is -0.122. The van der Waals surface area contributed by atoms with E-state index in [1.807, 2.05) is 43.3 Å². The molecule has 0 radical (unpaired) electrons. The second-order valence-electron chi connectivity index (χ2n) is 8.48. The number of hydrogen-bond donors (Lipinski definition) is 1. The first kappa shape index (κ1) is 26.3. The molecule has 3 aromatic rings. The third kappa shape index (κ3) is 5.66. The molecule has 1 saturated heterocycles. The highest BCUT2D eigenvalue weighted by Crippen LogP contribution is 2.35. The summed E-state index contributed by atoms with van der Waals surface area (Å²) in [6, 6.07) is 17.9. The van der Waals surface area contributed by atoms with Crippen LogP contribution in [0, 0.1) is 24.1 Å². The zero-order chi connectivity index (χ0) is 26.5. The summed E-state index contributed by atoms with van der Waals surface area (Å²) in [5.41, 5.74) is 2.68. The molecule has 0 unspecified atom stereocenters. The van der Waals surface area contributed by atoms with Crippen LogP contribution in [0.5, 0.6) is 0 Å². The maximum absolute atomic E-state index is 13.3. The fraction of sp³-hybridized carbons (Fsp3) is 0.214. The number of nitrogens with one attached hydrogen (secondary N) is 1. The maximum Gasteiger partial charge on any atom is 0.270 e. The van der Waals surface area contributed by atoms with Gasteiger partial charge in [0.1, 0.15) is 27.6 Å². The topological polar surface area (TPSA) is 78.1 Å². The molecule has 0 aliphatic carbocycles. The average molecular weight is 533 g/mol. The Kier molecular flexibility index (Phi) is 8.21. The lowest BCUT2D eigenvalue weighted by atomic mass is 10.0. The van der Waals surface area contributed by atoms with Crippen molar-refractivity contribution in [3.63, 3.8) is 0 Å². The number of anilines is 1. The van der Waals surface area contributed by atoms with Crippen LogP contribution in [0.2, 0.25) is 0 Å². The van der Waals surface area contributed by atoms with E-state index in [9.17, 15) is 19.2 Å². The maximum atomic E-state index is 13.3. The van der Waals surface area contributed by atoms with Crippen molar-refractivity contribution in [2.45, 2.75) is 33.4 Å². The highest BCUT2D eigenvalue weighted by molar-refractivity contribution is 8.26. The molecule has 0 spiro atoms. The van der Waals surface area contributed by atoms with Crippen LogP contribution in [0.4, 0.5) is 10.2 Å². The number of pyridine rings is 1. The van der Waals surface area contributed by atoms with Crippen LogP contribution < -0.4 is 10.9 Å². The molecule has 2 heterocycles.